The predicted molar refractivity (Wildman–Crippen MR) is 478 cm³/mol. The number of imidazole rings is 4. The number of ether oxygens (including phenoxy) is 3. The maximum Gasteiger partial charge on any atom is 0.490 e. The van der Waals surface area contributed by atoms with Gasteiger partial charge in [0.25, 0.3) is 22.2 Å². The number of rotatable bonds is 22. The van der Waals surface area contributed by atoms with Crippen LogP contribution in [0.25, 0.3) is 44.7 Å². The highest BCUT2D eigenvalue weighted by Crippen LogP contribution is 2.28. The van der Waals surface area contributed by atoms with E-state index in [0.717, 1.165) is 130 Å². The molecule has 0 amide bonds. The van der Waals surface area contributed by atoms with E-state index in [-0.39, 0.29) is 46.2 Å². The highest BCUT2D eigenvalue weighted by atomic mass is 19.4. The first-order valence-electron chi connectivity index (χ1n) is 42.2. The fourth-order valence-electron chi connectivity index (χ4n) is 12.9. The van der Waals surface area contributed by atoms with Gasteiger partial charge in [-0.25, -0.2) is 19.2 Å². The molecule has 0 aromatic carbocycles. The second-order valence-corrected chi connectivity index (χ2v) is 29.1. The molecule has 0 bridgehead atoms. The first-order valence-corrected chi connectivity index (χ1v) is 42.2. The van der Waals surface area contributed by atoms with Gasteiger partial charge in [-0.1, -0.05) is 23.7 Å². The number of esters is 1. The number of hydrogen-bond donors (Lipinski definition) is 12. The Morgan fingerprint density at radius 3 is 0.935 bits per heavy atom. The number of anilines is 8. The summed E-state index contributed by atoms with van der Waals surface area (Å²) in [6.45, 7) is 32.5. The number of halogens is 12. The number of nitrogens with one attached hydrogen (secondary N) is 7. The molecule has 5 fully saturated rings. The highest BCUT2D eigenvalue weighted by molar-refractivity contribution is 5.81. The van der Waals surface area contributed by atoms with Gasteiger partial charge >= 0.3 is 60.5 Å². The Morgan fingerprint density at radius 2 is 0.659 bits per heavy atom. The number of carbonyl (C=O) groups excluding carboxylic acids is 1. The number of aromatic nitrogens is 16. The van der Waals surface area contributed by atoms with Crippen LogP contribution in [0.5, 0.6) is 0 Å². The molecule has 58 heteroatoms. The van der Waals surface area contributed by atoms with Crippen LogP contribution in [0.3, 0.4) is 0 Å². The summed E-state index contributed by atoms with van der Waals surface area (Å²) in [5, 5.41) is 59.8. The minimum absolute atomic E-state index is 0.0896. The average molecular weight is 1980 g/mol. The van der Waals surface area contributed by atoms with Crippen LogP contribution in [0.4, 0.5) is 100 Å². The Morgan fingerprint density at radius 1 is 0.399 bits per heavy atom. The molecule has 8 aromatic rings. The van der Waals surface area contributed by atoms with Gasteiger partial charge in [-0.15, -0.1) is 23.7 Å². The minimum Gasteiger partial charge on any atom is -0.480 e. The molecule has 46 nitrogen and oxygen atoms in total. The highest BCUT2D eigenvalue weighted by Gasteiger charge is 2.41. The SMILES string of the molecule is CC#CCn1c(N2CCNCC2)nc2nc(N3CCOCC3)n(C)c(=O)c21.CC#CCn1c(N2CCNCC2)nc2nc(NCCC(=O)OCC)n(C)c(=O)c21.CC#CCn1c(N2CCNCC2)nc2nc(NCCOCC)n(C)c(=O)c21.CC#CCn1c(N2CCNCC2)nc2nc(N[C@@H](C)C(=O)O)n(C)c(=O)c21.O=C(O)C(F)(F)F.O=C(O)C(F)(F)F.O=C(O)C(F)(F)F.O=C(O)C(F)(F)F. The third kappa shape index (κ3) is 31.7. The number of nitrogens with zero attached hydrogens (tertiary/aromatic N) is 21. The van der Waals surface area contributed by atoms with Crippen LogP contribution in [-0.4, -0.2) is 332 Å². The van der Waals surface area contributed by atoms with Crippen molar-refractivity contribution in [3.05, 3.63) is 41.4 Å². The largest absolute Gasteiger partial charge is 0.490 e. The number of morpholine rings is 1. The van der Waals surface area contributed by atoms with E-state index >= 15 is 0 Å². The topological polar surface area (TPSA) is 543 Å². The maximum atomic E-state index is 13.2. The number of carbonyl (C=O) groups is 6. The van der Waals surface area contributed by atoms with E-state index in [1.54, 1.807) is 71.9 Å². The van der Waals surface area contributed by atoms with Crippen molar-refractivity contribution in [2.45, 2.75) is 112 Å². The molecular formula is C80H106F12N28O18. The lowest BCUT2D eigenvalue weighted by Crippen LogP contribution is -2.44. The molecule has 758 valence electrons. The molecule has 8 aromatic heterocycles. The van der Waals surface area contributed by atoms with Crippen molar-refractivity contribution >= 4 is 128 Å². The van der Waals surface area contributed by atoms with Gasteiger partial charge in [0.05, 0.1) is 59.0 Å². The lowest BCUT2D eigenvalue weighted by atomic mass is 10.3. The summed E-state index contributed by atoms with van der Waals surface area (Å²) in [5.74, 6) is 15.9. The van der Waals surface area contributed by atoms with E-state index in [1.165, 1.54) is 20.6 Å². The van der Waals surface area contributed by atoms with Crippen molar-refractivity contribution in [1.29, 1.82) is 0 Å². The zero-order valence-corrected chi connectivity index (χ0v) is 76.8. The van der Waals surface area contributed by atoms with Crippen molar-refractivity contribution in [1.82, 2.24) is 97.7 Å². The van der Waals surface area contributed by atoms with Gasteiger partial charge in [0.15, 0.2) is 44.7 Å². The molecule has 5 aliphatic heterocycles. The zero-order valence-electron chi connectivity index (χ0n) is 76.8. The molecule has 0 saturated carbocycles. The average Bonchev–Trinajstić information content (AvgIpc) is 1.61. The van der Waals surface area contributed by atoms with Crippen LogP contribution in [0.15, 0.2) is 19.2 Å². The molecule has 5 saturated heterocycles. The zero-order chi connectivity index (χ0) is 103. The molecule has 13 heterocycles. The van der Waals surface area contributed by atoms with E-state index in [2.05, 4.69) is 134 Å². The monoisotopic (exact) mass is 1970 g/mol. The van der Waals surface area contributed by atoms with Gasteiger partial charge in [0.2, 0.25) is 47.6 Å². The third-order valence-electron chi connectivity index (χ3n) is 19.7. The number of aliphatic carboxylic acids is 5. The molecule has 0 radical (unpaired) electrons. The Bertz CT molecular complexity index is 5950. The molecule has 0 spiro atoms. The van der Waals surface area contributed by atoms with Gasteiger partial charge in [-0.3, -0.25) is 65.3 Å². The molecule has 12 N–H and O–H groups in total. The molecule has 0 aliphatic carbocycles. The molecule has 5 aliphatic rings. The van der Waals surface area contributed by atoms with E-state index in [1.807, 2.05) is 20.6 Å². The molecule has 13 rings (SSSR count). The first-order chi connectivity index (χ1) is 65.1. The lowest BCUT2D eigenvalue weighted by molar-refractivity contribution is -0.193. The minimum atomic E-state index is -5.08. The third-order valence-corrected chi connectivity index (χ3v) is 19.7. The Kier molecular flexibility index (Phi) is 43.0. The van der Waals surface area contributed by atoms with Gasteiger partial charge in [0.1, 0.15) is 6.04 Å². The second-order valence-electron chi connectivity index (χ2n) is 29.1. The summed E-state index contributed by atoms with van der Waals surface area (Å²) in [6, 6.07) is -0.888. The fraction of sp³-hybridized carbons (Fsp3) is 0.575. The van der Waals surface area contributed by atoms with Gasteiger partial charge in [-0.2, -0.15) is 92.6 Å². The summed E-state index contributed by atoms with van der Waals surface area (Å²) in [6.07, 6.45) is -20.1. The Labute approximate surface area is 777 Å². The van der Waals surface area contributed by atoms with Crippen molar-refractivity contribution in [3.63, 3.8) is 0 Å². The Balaban J connectivity index is 0.000000257. The molecule has 1 atom stereocenters. The van der Waals surface area contributed by atoms with Crippen molar-refractivity contribution < 1.29 is 121 Å². The van der Waals surface area contributed by atoms with Crippen molar-refractivity contribution in [2.24, 2.45) is 28.2 Å². The van der Waals surface area contributed by atoms with Crippen molar-refractivity contribution in [3.8, 4) is 47.4 Å². The quantitative estimate of drug-likeness (QED) is 0.0197. The predicted octanol–water partition coefficient (Wildman–Crippen LogP) is 1.32. The fourth-order valence-corrected chi connectivity index (χ4v) is 12.9. The maximum absolute atomic E-state index is 13.2. The van der Waals surface area contributed by atoms with Crippen LogP contribution in [0.1, 0.15) is 54.9 Å². The van der Waals surface area contributed by atoms with Crippen LogP contribution in [-0.2, 0) is 97.3 Å². The number of fused-ring (bicyclic) bond motifs is 4. The standard InChI is InChI=1S/C19H27N7O3.C18H25N7O2.C18H27N7O2.C17H23N7O3.4C2HF3O2/c1-4-6-11-26-15-16(23-19(26)25-12-9-20-10-13-25)22-18(24(3)17(15)28)21-8-7-14(27)29-5-2;1-3-4-7-25-14-15(21-18(25)23-8-5-19-6-9-23)20-17(22(2)16(14)26)24-10-12-27-13-11-24;1-4-6-10-25-14-15(22-18(25)24-11-7-19-8-12-24)21-17(23(3)16(14)26)20-9-13-27-5-2;1-4-5-8-24-12-13(21-17(24)23-9-6-18-7-10-23)20-16(22(3)14(12)25)19-11(2)15(26)27;4*3-2(4,5)1(6)7/h20H,5,7-13H2,1-3H3,(H,21,22);19H,5-13H2,1-2H3;19H,5,7-13H2,1-3H3,(H,20,21);11,18H,6-10H2,1-3H3,(H,19,20)(H,26,27);4*(H,6,7)/t;;;11-;;;;/m...0..../s1. The number of alkyl halides is 12. The van der Waals surface area contributed by atoms with Crippen LogP contribution >= 0.6 is 0 Å². The van der Waals surface area contributed by atoms with Crippen LogP contribution in [0.2, 0.25) is 0 Å². The van der Waals surface area contributed by atoms with E-state index < -0.39 is 60.6 Å². The summed E-state index contributed by atoms with van der Waals surface area (Å²) >= 11 is 0. The number of hydrogen-bond acceptors (Lipinski definition) is 33. The number of carboxylic acid groups (broad SMARTS) is 5. The summed E-state index contributed by atoms with van der Waals surface area (Å²) < 4.78 is 156. The summed E-state index contributed by atoms with van der Waals surface area (Å²) in [5.41, 5.74) is 2.67. The number of piperazine rings is 4. The van der Waals surface area contributed by atoms with Crippen LogP contribution in [0, 0.1) is 47.4 Å². The van der Waals surface area contributed by atoms with E-state index in [9.17, 15) is 81.5 Å². The normalized spacial score (nSPS) is 14.5. The molecule has 0 unspecified atom stereocenters. The van der Waals surface area contributed by atoms with Gasteiger partial charge in [-0.05, 0) is 48.5 Å². The number of carboxylic acids is 5. The van der Waals surface area contributed by atoms with E-state index in [4.69, 9.17) is 73.9 Å². The first kappa shape index (κ1) is 113. The van der Waals surface area contributed by atoms with Crippen LogP contribution < -0.4 is 84.0 Å². The van der Waals surface area contributed by atoms with Crippen molar-refractivity contribution in [2.75, 3.05) is 204 Å². The molecule has 138 heavy (non-hydrogen) atoms. The summed E-state index contributed by atoms with van der Waals surface area (Å²) in [7, 11) is 6.69. The van der Waals surface area contributed by atoms with Gasteiger partial charge in [0, 0.05) is 166 Å². The summed E-state index contributed by atoms with van der Waals surface area (Å²) in [4.78, 5) is 158. The second kappa shape index (κ2) is 52.8. The molecular weight excluding hydrogens is 1870 g/mol. The van der Waals surface area contributed by atoms with Gasteiger partial charge < -0.3 is 101 Å². The Hall–Kier alpha value is -14.2. The van der Waals surface area contributed by atoms with E-state index in [0.29, 0.717) is 141 Å². The lowest BCUT2D eigenvalue weighted by Gasteiger charge is -2.28. The smallest absolute Gasteiger partial charge is 0.480 e.